The largest absolute Gasteiger partial charge is 0.433 e. The molecule has 2 unspecified atom stereocenters. The third-order valence-electron chi connectivity index (χ3n) is 3.07. The summed E-state index contributed by atoms with van der Waals surface area (Å²) in [5, 5.41) is 10.5. The lowest BCUT2D eigenvalue weighted by Gasteiger charge is -2.33. The molecule has 0 radical (unpaired) electrons. The van der Waals surface area contributed by atoms with Crippen LogP contribution in [-0.4, -0.2) is 33.6 Å². The van der Waals surface area contributed by atoms with Gasteiger partial charge in [0.25, 0.3) is 5.91 Å². The van der Waals surface area contributed by atoms with Gasteiger partial charge in [-0.3, -0.25) is 14.9 Å². The van der Waals surface area contributed by atoms with Gasteiger partial charge in [0, 0.05) is 17.9 Å². The Morgan fingerprint density at radius 1 is 1.61 bits per heavy atom. The number of nitro groups is 1. The van der Waals surface area contributed by atoms with E-state index in [4.69, 9.17) is 4.42 Å². The van der Waals surface area contributed by atoms with E-state index in [1.807, 2.05) is 0 Å². The maximum absolute atomic E-state index is 12.1. The van der Waals surface area contributed by atoms with Crippen LogP contribution < -0.4 is 0 Å². The Morgan fingerprint density at radius 2 is 2.33 bits per heavy atom. The minimum absolute atomic E-state index is 0.0296. The van der Waals surface area contributed by atoms with E-state index in [0.29, 0.717) is 23.8 Å². The maximum Gasteiger partial charge on any atom is 0.433 e. The number of nitrogens with zero attached hydrogens (tertiary/aromatic N) is 2. The number of likely N-dealkylation sites (tertiary alicyclic amines) is 1. The van der Waals surface area contributed by atoms with Gasteiger partial charge in [0.1, 0.15) is 4.92 Å². The molecule has 1 fully saturated rings. The van der Waals surface area contributed by atoms with Gasteiger partial charge in [0.2, 0.25) is 0 Å². The van der Waals surface area contributed by atoms with Crippen LogP contribution >= 0.6 is 15.9 Å². The molecule has 1 aromatic heterocycles. The van der Waals surface area contributed by atoms with Gasteiger partial charge in [-0.1, -0.05) is 22.9 Å². The first-order valence-electron chi connectivity index (χ1n) is 5.66. The zero-order valence-electron chi connectivity index (χ0n) is 9.84. The fourth-order valence-corrected chi connectivity index (χ4v) is 2.37. The number of carbonyl (C=O) groups excluding carboxylic acids is 1. The van der Waals surface area contributed by atoms with Gasteiger partial charge >= 0.3 is 5.88 Å². The molecule has 1 amide bonds. The van der Waals surface area contributed by atoms with Crippen molar-refractivity contribution in [2.45, 2.75) is 18.2 Å². The Morgan fingerprint density at radius 3 is 2.89 bits per heavy atom. The van der Waals surface area contributed by atoms with E-state index >= 15 is 0 Å². The summed E-state index contributed by atoms with van der Waals surface area (Å²) in [6.45, 7) is 3.32. The van der Waals surface area contributed by atoms with Crippen molar-refractivity contribution in [1.82, 2.24) is 4.90 Å². The quantitative estimate of drug-likeness (QED) is 0.477. The summed E-state index contributed by atoms with van der Waals surface area (Å²) in [7, 11) is 0. The second kappa shape index (κ2) is 5.09. The van der Waals surface area contributed by atoms with E-state index in [-0.39, 0.29) is 11.7 Å². The first-order valence-corrected chi connectivity index (χ1v) is 6.58. The van der Waals surface area contributed by atoms with Gasteiger partial charge in [-0.2, -0.15) is 0 Å². The minimum Gasteiger partial charge on any atom is -0.395 e. The molecule has 2 rings (SSSR count). The van der Waals surface area contributed by atoms with Crippen molar-refractivity contribution in [3.63, 3.8) is 0 Å². The summed E-state index contributed by atoms with van der Waals surface area (Å²) in [4.78, 5) is 24.0. The van der Waals surface area contributed by atoms with Crippen molar-refractivity contribution < 1.29 is 14.1 Å². The number of halogens is 1. The predicted molar refractivity (Wildman–Crippen MR) is 67.8 cm³/mol. The number of furan rings is 1. The number of amides is 1. The molecule has 6 nitrogen and oxygen atoms in total. The third kappa shape index (κ3) is 2.55. The second-order valence-corrected chi connectivity index (χ2v) is 5.60. The van der Waals surface area contributed by atoms with Crippen molar-refractivity contribution in [2.24, 2.45) is 5.92 Å². The molecule has 0 bridgehead atoms. The number of carbonyl (C=O) groups is 1. The van der Waals surface area contributed by atoms with Crippen LogP contribution in [-0.2, 0) is 0 Å². The Bertz CT molecular complexity index is 473. The van der Waals surface area contributed by atoms with Gasteiger partial charge in [-0.05, 0) is 18.4 Å². The molecule has 18 heavy (non-hydrogen) atoms. The summed E-state index contributed by atoms with van der Waals surface area (Å²) in [6, 6.07) is 2.55. The van der Waals surface area contributed by atoms with Crippen LogP contribution in [0.1, 0.15) is 23.9 Å². The molecule has 0 aliphatic carbocycles. The summed E-state index contributed by atoms with van der Waals surface area (Å²) in [5.74, 6) is -0.300. The first-order chi connectivity index (χ1) is 8.49. The van der Waals surface area contributed by atoms with E-state index in [1.165, 1.54) is 12.1 Å². The highest BCUT2D eigenvalue weighted by Gasteiger charge is 2.29. The van der Waals surface area contributed by atoms with Crippen molar-refractivity contribution in [2.75, 3.05) is 13.1 Å². The zero-order valence-corrected chi connectivity index (χ0v) is 11.4. The van der Waals surface area contributed by atoms with Crippen LogP contribution in [0.25, 0.3) is 0 Å². The highest BCUT2D eigenvalue weighted by Crippen LogP contribution is 2.25. The number of hydrogen-bond acceptors (Lipinski definition) is 4. The normalized spacial score (nSPS) is 24.0. The van der Waals surface area contributed by atoms with Crippen molar-refractivity contribution in [3.8, 4) is 0 Å². The molecule has 1 aromatic rings. The Kier molecular flexibility index (Phi) is 3.70. The standard InChI is InChI=1S/C11H13BrN2O4/c1-7-6-13(5-4-8(7)12)11(15)9-2-3-10(18-9)14(16)17/h2-3,7-8H,4-6H2,1H3. The molecule has 2 atom stereocenters. The van der Waals surface area contributed by atoms with E-state index in [1.54, 1.807) is 4.90 Å². The van der Waals surface area contributed by atoms with Gasteiger partial charge in [-0.15, -0.1) is 0 Å². The second-order valence-electron chi connectivity index (χ2n) is 4.43. The monoisotopic (exact) mass is 316 g/mol. The molecule has 0 saturated carbocycles. The Balaban J connectivity index is 2.09. The lowest BCUT2D eigenvalue weighted by Crippen LogP contribution is -2.43. The van der Waals surface area contributed by atoms with Gasteiger partial charge in [0.15, 0.2) is 5.76 Å². The molecule has 1 aliphatic rings. The van der Waals surface area contributed by atoms with Crippen molar-refractivity contribution in [3.05, 3.63) is 28.0 Å². The number of rotatable bonds is 2. The fourth-order valence-electron chi connectivity index (χ4n) is 2.00. The van der Waals surface area contributed by atoms with Crippen molar-refractivity contribution in [1.29, 1.82) is 0 Å². The average Bonchev–Trinajstić information content (AvgIpc) is 2.81. The Labute approximate surface area is 112 Å². The summed E-state index contributed by atoms with van der Waals surface area (Å²) in [6.07, 6.45) is 0.871. The fraction of sp³-hybridized carbons (Fsp3) is 0.545. The van der Waals surface area contributed by atoms with Crippen LogP contribution in [0.15, 0.2) is 16.5 Å². The molecular formula is C11H13BrN2O4. The smallest absolute Gasteiger partial charge is 0.395 e. The van der Waals surface area contributed by atoms with Gasteiger partial charge in [0.05, 0.1) is 6.07 Å². The lowest BCUT2D eigenvalue weighted by molar-refractivity contribution is -0.402. The molecular weight excluding hydrogens is 304 g/mol. The number of piperidine rings is 1. The van der Waals surface area contributed by atoms with E-state index in [9.17, 15) is 14.9 Å². The SMILES string of the molecule is CC1CN(C(=O)c2ccc([N+](=O)[O-])o2)CCC1Br. The molecule has 0 spiro atoms. The molecule has 7 heteroatoms. The lowest BCUT2D eigenvalue weighted by atomic mass is 10.00. The Hall–Kier alpha value is -1.37. The molecule has 0 aromatic carbocycles. The van der Waals surface area contributed by atoms with Crippen LogP contribution in [0.3, 0.4) is 0 Å². The molecule has 1 saturated heterocycles. The first kappa shape index (κ1) is 13.1. The van der Waals surface area contributed by atoms with Crippen LogP contribution in [0.2, 0.25) is 0 Å². The van der Waals surface area contributed by atoms with E-state index in [2.05, 4.69) is 22.9 Å². The van der Waals surface area contributed by atoms with Gasteiger partial charge < -0.3 is 9.32 Å². The predicted octanol–water partition coefficient (Wildman–Crippen LogP) is 2.43. The summed E-state index contributed by atoms with van der Waals surface area (Å²) < 4.78 is 4.92. The topological polar surface area (TPSA) is 76.6 Å². The summed E-state index contributed by atoms with van der Waals surface area (Å²) in [5.41, 5.74) is 0. The van der Waals surface area contributed by atoms with Crippen LogP contribution in [0.4, 0.5) is 5.88 Å². The molecule has 1 aliphatic heterocycles. The summed E-state index contributed by atoms with van der Waals surface area (Å²) >= 11 is 3.56. The van der Waals surface area contributed by atoms with Gasteiger partial charge in [-0.25, -0.2) is 0 Å². The van der Waals surface area contributed by atoms with E-state index < -0.39 is 10.8 Å². The average molecular weight is 317 g/mol. The van der Waals surface area contributed by atoms with Crippen LogP contribution in [0, 0.1) is 16.0 Å². The highest BCUT2D eigenvalue weighted by molar-refractivity contribution is 9.09. The third-order valence-corrected chi connectivity index (χ3v) is 4.43. The number of hydrogen-bond donors (Lipinski definition) is 0. The molecule has 0 N–H and O–H groups in total. The van der Waals surface area contributed by atoms with Crippen LogP contribution in [0.5, 0.6) is 0 Å². The highest BCUT2D eigenvalue weighted by atomic mass is 79.9. The van der Waals surface area contributed by atoms with E-state index in [0.717, 1.165) is 6.42 Å². The van der Waals surface area contributed by atoms with Crippen molar-refractivity contribution >= 4 is 27.7 Å². The molecule has 98 valence electrons. The molecule has 2 heterocycles. The zero-order chi connectivity index (χ0) is 13.3. The number of alkyl halides is 1. The maximum atomic E-state index is 12.1. The minimum atomic E-state index is -0.649.